The summed E-state index contributed by atoms with van der Waals surface area (Å²) in [6.07, 6.45) is 3.63. The number of likely N-dealkylation sites (tertiary alicyclic amines) is 1. The van der Waals surface area contributed by atoms with Gasteiger partial charge >= 0.3 is 0 Å². The topological polar surface area (TPSA) is 82.3 Å². The van der Waals surface area contributed by atoms with Crippen molar-refractivity contribution in [3.63, 3.8) is 0 Å². The lowest BCUT2D eigenvalue weighted by molar-refractivity contribution is 0.233. The number of piperidine rings is 1. The molecule has 0 unspecified atom stereocenters. The highest BCUT2D eigenvalue weighted by molar-refractivity contribution is 7.89. The minimum absolute atomic E-state index is 0.173. The standard InChI is InChI=1S/C20H23N3O3S/c24-20-17-7-3-2-6-16(17)18-14-15(8-9-19(18)22-20)27(25,26)21-10-13-23-11-4-1-5-12-23/h2-3,6-9,14,21H,1,4-5,10-13H2,(H,22,24). The molecule has 0 saturated carbocycles. The molecule has 142 valence electrons. The molecule has 0 amide bonds. The molecule has 2 N–H and O–H groups in total. The van der Waals surface area contributed by atoms with Crippen LogP contribution in [-0.4, -0.2) is 44.5 Å². The monoisotopic (exact) mass is 385 g/mol. The largest absolute Gasteiger partial charge is 0.321 e. The first kappa shape index (κ1) is 18.2. The number of H-pyrrole nitrogens is 1. The van der Waals surface area contributed by atoms with Crippen molar-refractivity contribution in [1.82, 2.24) is 14.6 Å². The van der Waals surface area contributed by atoms with Crippen molar-refractivity contribution >= 4 is 31.7 Å². The van der Waals surface area contributed by atoms with E-state index in [4.69, 9.17) is 0 Å². The molecule has 27 heavy (non-hydrogen) atoms. The zero-order valence-corrected chi connectivity index (χ0v) is 15.9. The van der Waals surface area contributed by atoms with E-state index in [1.54, 1.807) is 24.3 Å². The van der Waals surface area contributed by atoms with Gasteiger partial charge in [-0.3, -0.25) is 4.79 Å². The highest BCUT2D eigenvalue weighted by Gasteiger charge is 2.17. The van der Waals surface area contributed by atoms with Gasteiger partial charge in [-0.1, -0.05) is 24.6 Å². The Hall–Kier alpha value is -2.22. The summed E-state index contributed by atoms with van der Waals surface area (Å²) in [5.74, 6) is 0. The van der Waals surface area contributed by atoms with E-state index in [2.05, 4.69) is 14.6 Å². The van der Waals surface area contributed by atoms with Crippen LogP contribution in [0.2, 0.25) is 0 Å². The van der Waals surface area contributed by atoms with E-state index < -0.39 is 10.0 Å². The number of nitrogens with zero attached hydrogens (tertiary/aromatic N) is 1. The quantitative estimate of drug-likeness (QED) is 0.661. The Bertz CT molecular complexity index is 1130. The fourth-order valence-corrected chi connectivity index (χ4v) is 4.78. The predicted molar refractivity (Wildman–Crippen MR) is 108 cm³/mol. The Morgan fingerprint density at radius 3 is 2.48 bits per heavy atom. The van der Waals surface area contributed by atoms with E-state index in [1.807, 2.05) is 12.1 Å². The van der Waals surface area contributed by atoms with E-state index in [0.29, 0.717) is 17.4 Å². The van der Waals surface area contributed by atoms with Gasteiger partial charge in [-0.2, -0.15) is 0 Å². The zero-order chi connectivity index (χ0) is 18.9. The molecule has 0 atom stereocenters. The van der Waals surface area contributed by atoms with E-state index in [-0.39, 0.29) is 10.5 Å². The Morgan fingerprint density at radius 1 is 0.963 bits per heavy atom. The van der Waals surface area contributed by atoms with Gasteiger partial charge < -0.3 is 9.88 Å². The maximum atomic E-state index is 12.7. The fraction of sp³-hybridized carbons (Fsp3) is 0.350. The van der Waals surface area contributed by atoms with Crippen molar-refractivity contribution in [2.45, 2.75) is 24.2 Å². The smallest absolute Gasteiger partial charge is 0.256 e. The molecule has 2 heterocycles. The summed E-state index contributed by atoms with van der Waals surface area (Å²) in [6, 6.07) is 12.1. The number of hydrogen-bond donors (Lipinski definition) is 2. The maximum absolute atomic E-state index is 12.7. The summed E-state index contributed by atoms with van der Waals surface area (Å²) in [5.41, 5.74) is 0.458. The number of sulfonamides is 1. The average molecular weight is 385 g/mol. The second kappa shape index (κ2) is 7.42. The van der Waals surface area contributed by atoms with Crippen LogP contribution in [0.1, 0.15) is 19.3 Å². The van der Waals surface area contributed by atoms with Crippen molar-refractivity contribution in [3.8, 4) is 0 Å². The van der Waals surface area contributed by atoms with Crippen LogP contribution in [0.4, 0.5) is 0 Å². The van der Waals surface area contributed by atoms with Gasteiger partial charge in [0.05, 0.1) is 4.90 Å². The molecule has 1 aliphatic heterocycles. The second-order valence-corrected chi connectivity index (χ2v) is 8.77. The van der Waals surface area contributed by atoms with Crippen LogP contribution in [0, 0.1) is 0 Å². The number of nitrogens with one attached hydrogen (secondary N) is 2. The Kier molecular flexibility index (Phi) is 4.99. The summed E-state index contributed by atoms with van der Waals surface area (Å²) in [4.78, 5) is 17.5. The average Bonchev–Trinajstić information content (AvgIpc) is 2.69. The number of benzene rings is 2. The van der Waals surface area contributed by atoms with Crippen LogP contribution >= 0.6 is 0 Å². The molecular formula is C20H23N3O3S. The van der Waals surface area contributed by atoms with E-state index in [0.717, 1.165) is 30.4 Å². The van der Waals surface area contributed by atoms with Gasteiger partial charge in [-0.25, -0.2) is 13.1 Å². The lowest BCUT2D eigenvalue weighted by Gasteiger charge is -2.26. The summed E-state index contributed by atoms with van der Waals surface area (Å²) in [6.45, 7) is 3.20. The van der Waals surface area contributed by atoms with Crippen LogP contribution in [-0.2, 0) is 10.0 Å². The van der Waals surface area contributed by atoms with Crippen molar-refractivity contribution in [1.29, 1.82) is 0 Å². The lowest BCUT2D eigenvalue weighted by Crippen LogP contribution is -2.37. The molecule has 1 aromatic heterocycles. The molecule has 1 saturated heterocycles. The summed E-state index contributed by atoms with van der Waals surface area (Å²) >= 11 is 0. The molecule has 6 nitrogen and oxygen atoms in total. The number of hydrogen-bond acceptors (Lipinski definition) is 4. The van der Waals surface area contributed by atoms with Crippen LogP contribution in [0.15, 0.2) is 52.2 Å². The number of aromatic amines is 1. The molecule has 1 aliphatic rings. The molecule has 2 aromatic carbocycles. The summed E-state index contributed by atoms with van der Waals surface area (Å²) in [5, 5.41) is 2.03. The molecule has 0 bridgehead atoms. The molecule has 0 aliphatic carbocycles. The van der Waals surface area contributed by atoms with Crippen molar-refractivity contribution < 1.29 is 8.42 Å². The third kappa shape index (κ3) is 3.76. The predicted octanol–water partition coefficient (Wildman–Crippen LogP) is 2.45. The third-order valence-electron chi connectivity index (χ3n) is 5.18. The van der Waals surface area contributed by atoms with Crippen molar-refractivity contribution in [3.05, 3.63) is 52.8 Å². The van der Waals surface area contributed by atoms with Crippen LogP contribution in [0.25, 0.3) is 21.7 Å². The lowest BCUT2D eigenvalue weighted by atomic mass is 10.1. The molecule has 7 heteroatoms. The third-order valence-corrected chi connectivity index (χ3v) is 6.64. The minimum Gasteiger partial charge on any atom is -0.321 e. The first-order chi connectivity index (χ1) is 13.0. The van der Waals surface area contributed by atoms with Crippen LogP contribution < -0.4 is 10.3 Å². The first-order valence-corrected chi connectivity index (χ1v) is 10.8. The molecular weight excluding hydrogens is 362 g/mol. The van der Waals surface area contributed by atoms with E-state index in [9.17, 15) is 13.2 Å². The van der Waals surface area contributed by atoms with Gasteiger partial charge in [0.15, 0.2) is 0 Å². The molecule has 3 aromatic rings. The summed E-state index contributed by atoms with van der Waals surface area (Å²) in [7, 11) is -3.60. The maximum Gasteiger partial charge on any atom is 0.256 e. The Labute approximate surface area is 158 Å². The Morgan fingerprint density at radius 2 is 1.70 bits per heavy atom. The van der Waals surface area contributed by atoms with E-state index >= 15 is 0 Å². The fourth-order valence-electron chi connectivity index (χ4n) is 3.73. The van der Waals surface area contributed by atoms with Crippen LogP contribution in [0.5, 0.6) is 0 Å². The van der Waals surface area contributed by atoms with Gasteiger partial charge in [0.2, 0.25) is 10.0 Å². The van der Waals surface area contributed by atoms with E-state index in [1.165, 1.54) is 25.3 Å². The number of aromatic nitrogens is 1. The second-order valence-electron chi connectivity index (χ2n) is 7.01. The molecule has 1 fully saturated rings. The molecule has 0 spiro atoms. The first-order valence-electron chi connectivity index (χ1n) is 9.31. The SMILES string of the molecule is O=c1[nH]c2ccc(S(=O)(=O)NCCN3CCCCC3)cc2c2ccccc12. The number of fused-ring (bicyclic) bond motifs is 3. The summed E-state index contributed by atoms with van der Waals surface area (Å²) < 4.78 is 28.1. The van der Waals surface area contributed by atoms with Crippen molar-refractivity contribution in [2.75, 3.05) is 26.2 Å². The van der Waals surface area contributed by atoms with Crippen LogP contribution in [0.3, 0.4) is 0 Å². The van der Waals surface area contributed by atoms with Gasteiger partial charge in [0, 0.05) is 29.4 Å². The minimum atomic E-state index is -3.60. The normalized spacial score (nSPS) is 16.1. The van der Waals surface area contributed by atoms with Crippen molar-refractivity contribution in [2.24, 2.45) is 0 Å². The zero-order valence-electron chi connectivity index (χ0n) is 15.1. The highest BCUT2D eigenvalue weighted by atomic mass is 32.2. The van der Waals surface area contributed by atoms with Gasteiger partial charge in [-0.05, 0) is 55.6 Å². The molecule has 0 radical (unpaired) electrons. The number of rotatable bonds is 5. The van der Waals surface area contributed by atoms with Gasteiger partial charge in [0.25, 0.3) is 5.56 Å². The van der Waals surface area contributed by atoms with Gasteiger partial charge in [0.1, 0.15) is 0 Å². The number of pyridine rings is 1. The van der Waals surface area contributed by atoms with Gasteiger partial charge in [-0.15, -0.1) is 0 Å². The molecule has 4 rings (SSSR count). The highest BCUT2D eigenvalue weighted by Crippen LogP contribution is 2.24. The Balaban J connectivity index is 1.61.